The Balaban J connectivity index is 1.46. The number of fused-ring (bicyclic) bond motifs is 1. The molecule has 0 unspecified atom stereocenters. The Morgan fingerprint density at radius 2 is 1.54 bits per heavy atom. The molecule has 0 fully saturated rings. The molecule has 2 amide bonds. The molecule has 0 saturated carbocycles. The van der Waals surface area contributed by atoms with Crippen molar-refractivity contribution in [3.8, 4) is 0 Å². The maximum Gasteiger partial charge on any atom is 0.254 e. The molecule has 0 saturated heterocycles. The van der Waals surface area contributed by atoms with Crippen molar-refractivity contribution in [2.45, 2.75) is 52.0 Å². The van der Waals surface area contributed by atoms with Crippen molar-refractivity contribution in [1.82, 2.24) is 14.8 Å². The molecule has 4 aromatic rings. The van der Waals surface area contributed by atoms with Gasteiger partial charge in [0.15, 0.2) is 0 Å². The van der Waals surface area contributed by atoms with Crippen LogP contribution in [0.25, 0.3) is 10.9 Å². The van der Waals surface area contributed by atoms with E-state index in [1.165, 1.54) is 35.8 Å². The first-order valence-electron chi connectivity index (χ1n) is 14.8. The molecule has 6 heteroatoms. The fourth-order valence-electron chi connectivity index (χ4n) is 5.16. The third-order valence-electron chi connectivity index (χ3n) is 7.59. The Bertz CT molecular complexity index is 1360. The number of rotatable bonds is 16. The molecule has 4 rings (SSSR count). The highest BCUT2D eigenvalue weighted by Gasteiger charge is 2.23. The van der Waals surface area contributed by atoms with Crippen molar-refractivity contribution in [3.63, 3.8) is 0 Å². The average Bonchev–Trinajstić information content (AvgIpc) is 3.43. The van der Waals surface area contributed by atoms with Crippen LogP contribution in [0.5, 0.6) is 0 Å². The molecule has 0 aliphatic rings. The van der Waals surface area contributed by atoms with Crippen LogP contribution in [-0.4, -0.2) is 59.9 Å². The van der Waals surface area contributed by atoms with Gasteiger partial charge in [0.05, 0.1) is 6.61 Å². The average molecular weight is 554 g/mol. The smallest absolute Gasteiger partial charge is 0.254 e. The molecular formula is C35H43N3O3. The van der Waals surface area contributed by atoms with Gasteiger partial charge in [0.25, 0.3) is 5.91 Å². The van der Waals surface area contributed by atoms with Crippen LogP contribution >= 0.6 is 0 Å². The largest absolute Gasteiger partial charge is 0.383 e. The zero-order valence-electron chi connectivity index (χ0n) is 24.5. The number of carbonyl (C=O) groups is 2. The fraction of sp³-hybridized carbons (Fsp3) is 0.371. The van der Waals surface area contributed by atoms with Crippen LogP contribution in [0.3, 0.4) is 0 Å². The summed E-state index contributed by atoms with van der Waals surface area (Å²) in [6.45, 7) is 3.96. The van der Waals surface area contributed by atoms with Gasteiger partial charge in [-0.05, 0) is 54.2 Å². The third-order valence-corrected chi connectivity index (χ3v) is 7.59. The van der Waals surface area contributed by atoms with Crippen molar-refractivity contribution in [3.05, 3.63) is 107 Å². The summed E-state index contributed by atoms with van der Waals surface area (Å²) in [4.78, 5) is 34.2. The topological polar surface area (TPSA) is 65.6 Å². The van der Waals surface area contributed by atoms with E-state index in [1.807, 2.05) is 77.8 Å². The summed E-state index contributed by atoms with van der Waals surface area (Å²) >= 11 is 0. The van der Waals surface area contributed by atoms with Crippen molar-refractivity contribution in [1.29, 1.82) is 0 Å². The molecule has 0 bridgehead atoms. The Kier molecular flexibility index (Phi) is 11.6. The number of benzene rings is 3. The SMILES string of the molecule is CCCCCCc1ccc(C(=O)N(CCOC)CC(=O)N(CCc2c[nH]c3ccccc23)Cc2ccccc2)cc1. The second-order valence-corrected chi connectivity index (χ2v) is 10.6. The number of hydrogen-bond acceptors (Lipinski definition) is 3. The van der Waals surface area contributed by atoms with Crippen LogP contribution < -0.4 is 0 Å². The summed E-state index contributed by atoms with van der Waals surface area (Å²) in [5.74, 6) is -0.227. The van der Waals surface area contributed by atoms with Crippen LogP contribution in [0.2, 0.25) is 0 Å². The van der Waals surface area contributed by atoms with Gasteiger partial charge in [-0.25, -0.2) is 0 Å². The lowest BCUT2D eigenvalue weighted by atomic mass is 10.0. The fourth-order valence-corrected chi connectivity index (χ4v) is 5.16. The number of aromatic nitrogens is 1. The zero-order chi connectivity index (χ0) is 28.9. The van der Waals surface area contributed by atoms with Crippen molar-refractivity contribution >= 4 is 22.7 Å². The van der Waals surface area contributed by atoms with Crippen molar-refractivity contribution in [2.24, 2.45) is 0 Å². The molecule has 0 aliphatic heterocycles. The molecule has 41 heavy (non-hydrogen) atoms. The van der Waals surface area contributed by atoms with E-state index in [2.05, 4.69) is 24.0 Å². The van der Waals surface area contributed by atoms with Gasteiger partial charge in [0.2, 0.25) is 5.91 Å². The molecule has 0 aliphatic carbocycles. The summed E-state index contributed by atoms with van der Waals surface area (Å²) in [6.07, 6.45) is 8.62. The van der Waals surface area contributed by atoms with Crippen molar-refractivity contribution in [2.75, 3.05) is 33.4 Å². The quantitative estimate of drug-likeness (QED) is 0.158. The number of hydrogen-bond donors (Lipinski definition) is 1. The summed E-state index contributed by atoms with van der Waals surface area (Å²) in [7, 11) is 1.61. The minimum absolute atomic E-state index is 0.00167. The van der Waals surface area contributed by atoms with E-state index in [0.29, 0.717) is 38.2 Å². The number of para-hydroxylation sites is 1. The first-order valence-corrected chi connectivity index (χ1v) is 14.8. The number of aromatic amines is 1. The normalized spacial score (nSPS) is 11.1. The van der Waals surface area contributed by atoms with Gasteiger partial charge in [0, 0.05) is 49.4 Å². The number of nitrogens with one attached hydrogen (secondary N) is 1. The van der Waals surface area contributed by atoms with E-state index < -0.39 is 0 Å². The predicted octanol–water partition coefficient (Wildman–Crippen LogP) is 6.65. The van der Waals surface area contributed by atoms with E-state index in [1.54, 1.807) is 12.0 Å². The number of nitrogens with zero attached hydrogens (tertiary/aromatic N) is 2. The second-order valence-electron chi connectivity index (χ2n) is 10.6. The third kappa shape index (κ3) is 8.79. The summed E-state index contributed by atoms with van der Waals surface area (Å²) in [6, 6.07) is 26.1. The molecular weight excluding hydrogens is 510 g/mol. The van der Waals surface area contributed by atoms with Gasteiger partial charge in [-0.15, -0.1) is 0 Å². The molecule has 0 atom stereocenters. The Morgan fingerprint density at radius 3 is 2.29 bits per heavy atom. The van der Waals surface area contributed by atoms with E-state index >= 15 is 0 Å². The van der Waals surface area contributed by atoms with Gasteiger partial charge < -0.3 is 19.5 Å². The molecule has 216 valence electrons. The number of ether oxygens (including phenoxy) is 1. The Labute approximate surface area is 244 Å². The summed E-state index contributed by atoms with van der Waals surface area (Å²) in [5, 5.41) is 1.17. The monoisotopic (exact) mass is 553 g/mol. The second kappa shape index (κ2) is 15.8. The van der Waals surface area contributed by atoms with E-state index in [0.717, 1.165) is 23.9 Å². The van der Waals surface area contributed by atoms with Gasteiger partial charge in [-0.1, -0.05) is 86.8 Å². The summed E-state index contributed by atoms with van der Waals surface area (Å²) < 4.78 is 5.29. The standard InChI is InChI=1S/C35H43N3O3/c1-3-4-5-7-12-28-17-19-30(20-18-28)35(40)38(23-24-41-2)27-34(39)37(26-29-13-8-6-9-14-29)22-21-31-25-36-33-16-11-10-15-32(31)33/h6,8-11,13-20,25,36H,3-5,7,12,21-24,26-27H2,1-2H3. The van der Waals surface area contributed by atoms with Gasteiger partial charge >= 0.3 is 0 Å². The number of methoxy groups -OCH3 is 1. The highest BCUT2D eigenvalue weighted by molar-refractivity contribution is 5.96. The Hall–Kier alpha value is -3.90. The Morgan fingerprint density at radius 1 is 0.780 bits per heavy atom. The molecule has 6 nitrogen and oxygen atoms in total. The molecule has 1 heterocycles. The van der Waals surface area contributed by atoms with Gasteiger partial charge in [-0.2, -0.15) is 0 Å². The highest BCUT2D eigenvalue weighted by atomic mass is 16.5. The molecule has 0 spiro atoms. The summed E-state index contributed by atoms with van der Waals surface area (Å²) in [5.41, 5.74) is 5.16. The number of carbonyl (C=O) groups excluding carboxylic acids is 2. The van der Waals surface area contributed by atoms with Crippen LogP contribution in [0.15, 0.2) is 85.1 Å². The van der Waals surface area contributed by atoms with Crippen LogP contribution in [-0.2, 0) is 28.9 Å². The van der Waals surface area contributed by atoms with Crippen LogP contribution in [0.1, 0.15) is 59.7 Å². The lowest BCUT2D eigenvalue weighted by Gasteiger charge is -2.28. The molecule has 1 aromatic heterocycles. The zero-order valence-corrected chi connectivity index (χ0v) is 24.5. The highest BCUT2D eigenvalue weighted by Crippen LogP contribution is 2.19. The number of aryl methyl sites for hydroxylation is 1. The maximum absolute atomic E-state index is 13.8. The first-order chi connectivity index (χ1) is 20.1. The molecule has 3 aromatic carbocycles. The van der Waals surface area contributed by atoms with Gasteiger partial charge in [0.1, 0.15) is 6.54 Å². The number of amides is 2. The maximum atomic E-state index is 13.8. The molecule has 1 N–H and O–H groups in total. The first kappa shape index (κ1) is 30.1. The van der Waals surface area contributed by atoms with E-state index in [4.69, 9.17) is 4.74 Å². The lowest BCUT2D eigenvalue weighted by Crippen LogP contribution is -2.44. The number of H-pyrrole nitrogens is 1. The van der Waals surface area contributed by atoms with E-state index in [9.17, 15) is 9.59 Å². The predicted molar refractivity (Wildman–Crippen MR) is 166 cm³/mol. The van der Waals surface area contributed by atoms with Crippen LogP contribution in [0, 0.1) is 0 Å². The van der Waals surface area contributed by atoms with Gasteiger partial charge in [-0.3, -0.25) is 9.59 Å². The minimum atomic E-state index is -0.149. The minimum Gasteiger partial charge on any atom is -0.383 e. The molecule has 0 radical (unpaired) electrons. The number of unbranched alkanes of at least 4 members (excludes halogenated alkanes) is 3. The van der Waals surface area contributed by atoms with E-state index in [-0.39, 0.29) is 18.4 Å². The van der Waals surface area contributed by atoms with Crippen LogP contribution in [0.4, 0.5) is 0 Å². The van der Waals surface area contributed by atoms with Crippen molar-refractivity contribution < 1.29 is 14.3 Å². The lowest BCUT2D eigenvalue weighted by molar-refractivity contribution is -0.132.